The van der Waals surface area contributed by atoms with Gasteiger partial charge in [-0.1, -0.05) is 11.2 Å². The lowest BCUT2D eigenvalue weighted by atomic mass is 9.94. The predicted octanol–water partition coefficient (Wildman–Crippen LogP) is 2.28. The monoisotopic (exact) mass is 275 g/mol. The first kappa shape index (κ1) is 14.2. The van der Waals surface area contributed by atoms with Gasteiger partial charge in [-0.15, -0.1) is 0 Å². The second-order valence-corrected chi connectivity index (χ2v) is 4.93. The smallest absolute Gasteiger partial charge is 0.321 e. The van der Waals surface area contributed by atoms with Gasteiger partial charge in [-0.3, -0.25) is 4.79 Å². The van der Waals surface area contributed by atoms with Crippen LogP contribution >= 0.6 is 0 Å². The molecule has 0 N–H and O–H groups in total. The molecule has 0 spiro atoms. The van der Waals surface area contributed by atoms with Crippen LogP contribution in [0.3, 0.4) is 0 Å². The maximum Gasteiger partial charge on any atom is 0.321 e. The van der Waals surface area contributed by atoms with Crippen molar-refractivity contribution in [3.05, 3.63) is 29.8 Å². The summed E-state index contributed by atoms with van der Waals surface area (Å²) in [7, 11) is 0. The molecule has 2 heterocycles. The minimum absolute atomic E-state index is 0.217. The van der Waals surface area contributed by atoms with Crippen molar-refractivity contribution >= 4 is 5.97 Å². The molecule has 0 fully saturated rings. The first-order chi connectivity index (χ1) is 9.45. The Morgan fingerprint density at radius 1 is 1.35 bits per heavy atom. The Morgan fingerprint density at radius 2 is 2.10 bits per heavy atom. The van der Waals surface area contributed by atoms with Crippen molar-refractivity contribution in [1.29, 1.82) is 0 Å². The molecule has 6 heteroatoms. The van der Waals surface area contributed by atoms with E-state index in [1.165, 1.54) is 0 Å². The molecule has 0 bridgehead atoms. The number of aryl methyl sites for hydroxylation is 1. The van der Waals surface area contributed by atoms with Gasteiger partial charge in [0.25, 0.3) is 0 Å². The minimum Gasteiger partial charge on any atom is -0.465 e. The summed E-state index contributed by atoms with van der Waals surface area (Å²) in [6.45, 7) is 7.32. The third-order valence-electron chi connectivity index (χ3n) is 2.86. The third-order valence-corrected chi connectivity index (χ3v) is 2.86. The molecule has 0 atom stereocenters. The first-order valence-electron chi connectivity index (χ1n) is 6.40. The summed E-state index contributed by atoms with van der Waals surface area (Å²) in [6.07, 6.45) is 0. The number of pyridine rings is 1. The lowest BCUT2D eigenvalue weighted by Crippen LogP contribution is -2.31. The molecule has 0 saturated carbocycles. The minimum atomic E-state index is -0.981. The summed E-state index contributed by atoms with van der Waals surface area (Å²) >= 11 is 0. The molecule has 0 saturated heterocycles. The SMILES string of the molecule is CCOC(=O)C(C)(C)c1nc(-c2cccc(C)n2)no1. The molecule has 6 nitrogen and oxygen atoms in total. The number of carbonyl (C=O) groups is 1. The summed E-state index contributed by atoms with van der Waals surface area (Å²) < 4.78 is 10.2. The summed E-state index contributed by atoms with van der Waals surface area (Å²) in [6, 6.07) is 5.54. The van der Waals surface area contributed by atoms with Gasteiger partial charge in [-0.2, -0.15) is 4.98 Å². The van der Waals surface area contributed by atoms with Crippen molar-refractivity contribution in [3.8, 4) is 11.5 Å². The van der Waals surface area contributed by atoms with Gasteiger partial charge >= 0.3 is 5.97 Å². The van der Waals surface area contributed by atoms with E-state index in [-0.39, 0.29) is 5.89 Å². The highest BCUT2D eigenvalue weighted by Gasteiger charge is 2.37. The fraction of sp³-hybridized carbons (Fsp3) is 0.429. The van der Waals surface area contributed by atoms with Crippen LogP contribution in [0.2, 0.25) is 0 Å². The molecule has 0 aromatic carbocycles. The molecule has 0 aliphatic rings. The predicted molar refractivity (Wildman–Crippen MR) is 71.9 cm³/mol. The molecule has 20 heavy (non-hydrogen) atoms. The maximum absolute atomic E-state index is 11.9. The fourth-order valence-corrected chi connectivity index (χ4v) is 1.65. The second-order valence-electron chi connectivity index (χ2n) is 4.93. The Labute approximate surface area is 117 Å². The molecule has 2 aromatic heterocycles. The molecular formula is C14H17N3O3. The van der Waals surface area contributed by atoms with Crippen LogP contribution in [0.25, 0.3) is 11.5 Å². The van der Waals surface area contributed by atoms with Crippen LogP contribution in [0.15, 0.2) is 22.7 Å². The average Bonchev–Trinajstić information content (AvgIpc) is 2.89. The van der Waals surface area contributed by atoms with Gasteiger partial charge in [0.15, 0.2) is 0 Å². The number of hydrogen-bond acceptors (Lipinski definition) is 6. The zero-order valence-corrected chi connectivity index (χ0v) is 12.0. The highest BCUT2D eigenvalue weighted by atomic mass is 16.5. The van der Waals surface area contributed by atoms with Crippen LogP contribution in [0, 0.1) is 6.92 Å². The lowest BCUT2D eigenvalue weighted by Gasteiger charge is -2.16. The van der Waals surface area contributed by atoms with E-state index in [2.05, 4.69) is 15.1 Å². The van der Waals surface area contributed by atoms with Crippen LogP contribution in [0.1, 0.15) is 32.4 Å². The van der Waals surface area contributed by atoms with E-state index in [1.807, 2.05) is 19.1 Å². The van der Waals surface area contributed by atoms with Gasteiger partial charge in [-0.25, -0.2) is 4.98 Å². The van der Waals surface area contributed by atoms with Gasteiger partial charge < -0.3 is 9.26 Å². The van der Waals surface area contributed by atoms with E-state index < -0.39 is 11.4 Å². The summed E-state index contributed by atoms with van der Waals surface area (Å²) in [5, 5.41) is 3.88. The van der Waals surface area contributed by atoms with Gasteiger partial charge in [0, 0.05) is 5.69 Å². The normalized spacial score (nSPS) is 11.4. The summed E-state index contributed by atoms with van der Waals surface area (Å²) in [5.41, 5.74) is 0.489. The number of aromatic nitrogens is 3. The lowest BCUT2D eigenvalue weighted by molar-refractivity contribution is -0.149. The molecular weight excluding hydrogens is 258 g/mol. The first-order valence-corrected chi connectivity index (χ1v) is 6.40. The second kappa shape index (κ2) is 5.40. The van der Waals surface area contributed by atoms with Crippen LogP contribution < -0.4 is 0 Å². The van der Waals surface area contributed by atoms with Crippen molar-refractivity contribution in [1.82, 2.24) is 15.1 Å². The zero-order chi connectivity index (χ0) is 14.8. The van der Waals surface area contributed by atoms with Gasteiger partial charge in [0.2, 0.25) is 11.7 Å². The average molecular weight is 275 g/mol. The van der Waals surface area contributed by atoms with Crippen molar-refractivity contribution in [2.24, 2.45) is 0 Å². The van der Waals surface area contributed by atoms with Gasteiger partial charge in [0.1, 0.15) is 11.1 Å². The molecule has 0 unspecified atom stereocenters. The van der Waals surface area contributed by atoms with E-state index in [0.29, 0.717) is 18.1 Å². The molecule has 0 radical (unpaired) electrons. The quantitative estimate of drug-likeness (QED) is 0.796. The number of nitrogens with zero attached hydrogens (tertiary/aromatic N) is 3. The largest absolute Gasteiger partial charge is 0.465 e. The highest BCUT2D eigenvalue weighted by molar-refractivity contribution is 5.80. The van der Waals surface area contributed by atoms with Gasteiger partial charge in [0.05, 0.1) is 6.61 Å². The Bertz CT molecular complexity index is 620. The van der Waals surface area contributed by atoms with Gasteiger partial charge in [-0.05, 0) is 39.8 Å². The van der Waals surface area contributed by atoms with Crippen LogP contribution in [0.5, 0.6) is 0 Å². The number of carbonyl (C=O) groups excluding carboxylic acids is 1. The highest BCUT2D eigenvalue weighted by Crippen LogP contribution is 2.25. The van der Waals surface area contributed by atoms with Crippen LogP contribution in [-0.2, 0) is 14.9 Å². The van der Waals surface area contributed by atoms with Crippen LogP contribution in [-0.4, -0.2) is 27.7 Å². The zero-order valence-electron chi connectivity index (χ0n) is 12.0. The Balaban J connectivity index is 2.31. The number of hydrogen-bond donors (Lipinski definition) is 0. The Kier molecular flexibility index (Phi) is 3.83. The maximum atomic E-state index is 11.9. The number of rotatable bonds is 4. The van der Waals surface area contributed by atoms with Crippen LogP contribution in [0.4, 0.5) is 0 Å². The Hall–Kier alpha value is -2.24. The standard InChI is InChI=1S/C14H17N3O3/c1-5-19-13(18)14(3,4)12-16-11(17-20-12)10-8-6-7-9(2)15-10/h6-8H,5H2,1-4H3. The molecule has 0 aliphatic heterocycles. The van der Waals surface area contributed by atoms with Crippen molar-refractivity contribution in [3.63, 3.8) is 0 Å². The molecule has 2 rings (SSSR count). The van der Waals surface area contributed by atoms with E-state index in [4.69, 9.17) is 9.26 Å². The third kappa shape index (κ3) is 2.68. The van der Waals surface area contributed by atoms with E-state index in [1.54, 1.807) is 26.8 Å². The van der Waals surface area contributed by atoms with Crippen molar-refractivity contribution in [2.75, 3.05) is 6.61 Å². The molecule has 0 amide bonds. The number of ether oxygens (including phenoxy) is 1. The van der Waals surface area contributed by atoms with E-state index >= 15 is 0 Å². The summed E-state index contributed by atoms with van der Waals surface area (Å²) in [4.78, 5) is 20.5. The van der Waals surface area contributed by atoms with E-state index in [0.717, 1.165) is 5.69 Å². The Morgan fingerprint density at radius 3 is 2.75 bits per heavy atom. The fourth-order valence-electron chi connectivity index (χ4n) is 1.65. The number of esters is 1. The van der Waals surface area contributed by atoms with Crippen molar-refractivity contribution in [2.45, 2.75) is 33.1 Å². The molecule has 106 valence electrons. The summed E-state index contributed by atoms with van der Waals surface area (Å²) in [5.74, 6) is 0.183. The van der Waals surface area contributed by atoms with Crippen molar-refractivity contribution < 1.29 is 14.1 Å². The van der Waals surface area contributed by atoms with E-state index in [9.17, 15) is 4.79 Å². The topological polar surface area (TPSA) is 78.1 Å². The molecule has 2 aromatic rings. The molecule has 0 aliphatic carbocycles.